The summed E-state index contributed by atoms with van der Waals surface area (Å²) in [6, 6.07) is 18.0. The zero-order valence-electron chi connectivity index (χ0n) is 16.4. The Morgan fingerprint density at radius 2 is 1.72 bits per heavy atom. The molecule has 0 radical (unpaired) electrons. The summed E-state index contributed by atoms with van der Waals surface area (Å²) in [5.74, 6) is 0.888. The van der Waals surface area contributed by atoms with Crippen molar-refractivity contribution in [2.24, 2.45) is 0 Å². The smallest absolute Gasteiger partial charge is 0.261 e. The van der Waals surface area contributed by atoms with Gasteiger partial charge >= 0.3 is 0 Å². The molecule has 7 heteroatoms. The van der Waals surface area contributed by atoms with Crippen molar-refractivity contribution in [1.82, 2.24) is 10.2 Å². The van der Waals surface area contributed by atoms with E-state index >= 15 is 0 Å². The third-order valence-electron chi connectivity index (χ3n) is 5.13. The highest BCUT2D eigenvalue weighted by atomic mass is 32.2. The lowest BCUT2D eigenvalue weighted by atomic mass is 10.1. The molecule has 0 spiro atoms. The minimum Gasteiger partial charge on any atom is -0.355 e. The largest absolute Gasteiger partial charge is 0.355 e. The molecule has 1 aromatic heterocycles. The van der Waals surface area contributed by atoms with Gasteiger partial charge in [-0.2, -0.15) is 0 Å². The molecule has 6 nitrogen and oxygen atoms in total. The molecule has 1 aliphatic heterocycles. The quantitative estimate of drug-likeness (QED) is 0.664. The lowest BCUT2D eigenvalue weighted by Gasteiger charge is -2.15. The Morgan fingerprint density at radius 3 is 2.38 bits per heavy atom. The average molecular weight is 409 g/mol. The first-order valence-electron chi connectivity index (χ1n) is 9.86. The van der Waals surface area contributed by atoms with Crippen LogP contribution in [0.1, 0.15) is 25.3 Å². The molecule has 29 heavy (non-hydrogen) atoms. The van der Waals surface area contributed by atoms with Crippen LogP contribution >= 0.6 is 0 Å². The molecule has 2 heterocycles. The van der Waals surface area contributed by atoms with E-state index in [1.54, 1.807) is 24.3 Å². The van der Waals surface area contributed by atoms with Gasteiger partial charge in [0.2, 0.25) is 0 Å². The lowest BCUT2D eigenvalue weighted by Crippen LogP contribution is -2.19. The first-order valence-corrected chi connectivity index (χ1v) is 11.3. The number of aromatic nitrogens is 2. The topological polar surface area (TPSA) is 75.2 Å². The van der Waals surface area contributed by atoms with Gasteiger partial charge in [0, 0.05) is 24.3 Å². The van der Waals surface area contributed by atoms with E-state index in [0.29, 0.717) is 11.4 Å². The van der Waals surface area contributed by atoms with Gasteiger partial charge in [-0.25, -0.2) is 8.42 Å². The van der Waals surface area contributed by atoms with Gasteiger partial charge in [-0.3, -0.25) is 4.72 Å². The molecule has 0 atom stereocenters. The van der Waals surface area contributed by atoms with Gasteiger partial charge in [0.1, 0.15) is 0 Å². The molecule has 0 aliphatic carbocycles. The molecule has 0 amide bonds. The van der Waals surface area contributed by atoms with Crippen LogP contribution in [0.5, 0.6) is 0 Å². The Morgan fingerprint density at radius 1 is 0.966 bits per heavy atom. The van der Waals surface area contributed by atoms with Crippen molar-refractivity contribution in [3.05, 3.63) is 66.2 Å². The number of benzene rings is 2. The molecule has 1 fully saturated rings. The third kappa shape index (κ3) is 4.40. The SMILES string of the molecule is CCc1ccc(S(=O)(=O)Nc2cccc(-c3ccc(N4CCCC4)nn3)c2)cc1. The summed E-state index contributed by atoms with van der Waals surface area (Å²) in [5.41, 5.74) is 3.11. The van der Waals surface area contributed by atoms with Crippen LogP contribution < -0.4 is 9.62 Å². The number of aryl methyl sites for hydroxylation is 1. The fourth-order valence-electron chi connectivity index (χ4n) is 3.45. The highest BCUT2D eigenvalue weighted by Gasteiger charge is 2.16. The zero-order chi connectivity index (χ0) is 20.3. The minimum absolute atomic E-state index is 0.245. The van der Waals surface area contributed by atoms with Crippen molar-refractivity contribution in [2.45, 2.75) is 31.1 Å². The summed E-state index contributed by atoms with van der Waals surface area (Å²) >= 11 is 0. The van der Waals surface area contributed by atoms with E-state index in [-0.39, 0.29) is 4.90 Å². The summed E-state index contributed by atoms with van der Waals surface area (Å²) in [4.78, 5) is 2.47. The van der Waals surface area contributed by atoms with E-state index in [9.17, 15) is 8.42 Å². The van der Waals surface area contributed by atoms with Crippen molar-refractivity contribution < 1.29 is 8.42 Å². The number of hydrogen-bond acceptors (Lipinski definition) is 5. The van der Waals surface area contributed by atoms with Crippen LogP contribution in [0.15, 0.2) is 65.6 Å². The van der Waals surface area contributed by atoms with Gasteiger partial charge < -0.3 is 4.90 Å². The van der Waals surface area contributed by atoms with Crippen LogP contribution in [-0.2, 0) is 16.4 Å². The fraction of sp³-hybridized carbons (Fsp3) is 0.273. The van der Waals surface area contributed by atoms with Crippen LogP contribution in [0.4, 0.5) is 11.5 Å². The minimum atomic E-state index is -3.65. The normalized spacial score (nSPS) is 14.2. The maximum Gasteiger partial charge on any atom is 0.261 e. The van der Waals surface area contributed by atoms with Crippen LogP contribution in [0.3, 0.4) is 0 Å². The highest BCUT2D eigenvalue weighted by Crippen LogP contribution is 2.25. The zero-order valence-corrected chi connectivity index (χ0v) is 17.2. The monoisotopic (exact) mass is 408 g/mol. The van der Waals surface area contributed by atoms with Crippen LogP contribution in [0.25, 0.3) is 11.3 Å². The van der Waals surface area contributed by atoms with Crippen molar-refractivity contribution in [3.8, 4) is 11.3 Å². The van der Waals surface area contributed by atoms with Gasteiger partial charge in [0.25, 0.3) is 10.0 Å². The Labute approximate surface area is 171 Å². The third-order valence-corrected chi connectivity index (χ3v) is 6.53. The molecule has 1 N–H and O–H groups in total. The van der Waals surface area contributed by atoms with Crippen LogP contribution in [-0.4, -0.2) is 31.7 Å². The Bertz CT molecular complexity index is 1070. The number of nitrogens with zero attached hydrogens (tertiary/aromatic N) is 3. The molecular formula is C22H24N4O2S. The molecule has 2 aromatic carbocycles. The lowest BCUT2D eigenvalue weighted by molar-refractivity contribution is 0.601. The van der Waals surface area contributed by atoms with Gasteiger partial charge in [-0.1, -0.05) is 31.2 Å². The van der Waals surface area contributed by atoms with Gasteiger partial charge in [-0.05, 0) is 61.2 Å². The standard InChI is InChI=1S/C22H24N4O2S/c1-2-17-8-10-20(11-9-17)29(27,28)25-19-7-5-6-18(16-19)21-12-13-22(24-23-21)26-14-3-4-15-26/h5-13,16,25H,2-4,14-15H2,1H3. The Kier molecular flexibility index (Phi) is 5.49. The molecule has 0 saturated carbocycles. The van der Waals surface area contributed by atoms with E-state index in [1.807, 2.05) is 43.3 Å². The fourth-order valence-corrected chi connectivity index (χ4v) is 4.50. The first kappa shape index (κ1) is 19.4. The van der Waals surface area contributed by atoms with E-state index in [2.05, 4.69) is 19.8 Å². The summed E-state index contributed by atoms with van der Waals surface area (Å²) in [6.45, 7) is 4.07. The second-order valence-corrected chi connectivity index (χ2v) is 8.84. The molecule has 0 unspecified atom stereocenters. The maximum absolute atomic E-state index is 12.7. The maximum atomic E-state index is 12.7. The number of sulfonamides is 1. The predicted octanol–water partition coefficient (Wildman–Crippen LogP) is 4.11. The van der Waals surface area contributed by atoms with E-state index in [4.69, 9.17) is 0 Å². The summed E-state index contributed by atoms with van der Waals surface area (Å²) in [7, 11) is -3.65. The Balaban J connectivity index is 1.53. The van der Waals surface area contributed by atoms with Crippen LogP contribution in [0.2, 0.25) is 0 Å². The summed E-state index contributed by atoms with van der Waals surface area (Å²) in [6.07, 6.45) is 3.24. The predicted molar refractivity (Wildman–Crippen MR) is 116 cm³/mol. The average Bonchev–Trinajstić information content (AvgIpc) is 3.29. The molecular weight excluding hydrogens is 384 g/mol. The van der Waals surface area contributed by atoms with E-state index in [0.717, 1.165) is 36.5 Å². The number of anilines is 2. The van der Waals surface area contributed by atoms with Crippen molar-refractivity contribution in [3.63, 3.8) is 0 Å². The van der Waals surface area contributed by atoms with Gasteiger partial charge in [-0.15, -0.1) is 10.2 Å². The van der Waals surface area contributed by atoms with Gasteiger partial charge in [0.05, 0.1) is 10.6 Å². The Hall–Kier alpha value is -2.93. The molecule has 1 saturated heterocycles. The molecule has 4 rings (SSSR count). The number of rotatable bonds is 6. The second kappa shape index (κ2) is 8.21. The molecule has 150 valence electrons. The van der Waals surface area contributed by atoms with Crippen molar-refractivity contribution >= 4 is 21.5 Å². The number of nitrogens with one attached hydrogen (secondary N) is 1. The second-order valence-electron chi connectivity index (χ2n) is 7.15. The highest BCUT2D eigenvalue weighted by molar-refractivity contribution is 7.92. The summed E-state index contributed by atoms with van der Waals surface area (Å²) < 4.78 is 28.0. The van der Waals surface area contributed by atoms with E-state index < -0.39 is 10.0 Å². The molecule has 0 bridgehead atoms. The van der Waals surface area contributed by atoms with Crippen LogP contribution in [0, 0.1) is 0 Å². The molecule has 1 aliphatic rings. The van der Waals surface area contributed by atoms with E-state index in [1.165, 1.54) is 12.8 Å². The van der Waals surface area contributed by atoms with Gasteiger partial charge in [0.15, 0.2) is 5.82 Å². The number of hydrogen-bond donors (Lipinski definition) is 1. The van der Waals surface area contributed by atoms with Crippen molar-refractivity contribution in [1.29, 1.82) is 0 Å². The van der Waals surface area contributed by atoms with Crippen molar-refractivity contribution in [2.75, 3.05) is 22.7 Å². The first-order chi connectivity index (χ1) is 14.0. The summed E-state index contributed by atoms with van der Waals surface area (Å²) in [5, 5.41) is 8.68. The molecule has 3 aromatic rings.